The van der Waals surface area contributed by atoms with Gasteiger partial charge in [0.25, 0.3) is 0 Å². The van der Waals surface area contributed by atoms with Crippen LogP contribution in [0.5, 0.6) is 0 Å². The van der Waals surface area contributed by atoms with Crippen molar-refractivity contribution in [1.82, 2.24) is 4.98 Å². The van der Waals surface area contributed by atoms with Crippen LogP contribution >= 0.6 is 47.8 Å². The first-order chi connectivity index (χ1) is 9.59. The van der Waals surface area contributed by atoms with Crippen LogP contribution in [0.25, 0.3) is 0 Å². The third-order valence-electron chi connectivity index (χ3n) is 3.28. The van der Waals surface area contributed by atoms with E-state index < -0.39 is 0 Å². The molecule has 5 heteroatoms. The summed E-state index contributed by atoms with van der Waals surface area (Å²) in [6, 6.07) is 10.7. The fraction of sp³-hybridized carbons (Fsp3) is 0.267. The van der Waals surface area contributed by atoms with Gasteiger partial charge in [-0.15, -0.1) is 0 Å². The Bertz CT molecular complexity index is 550. The van der Waals surface area contributed by atoms with Gasteiger partial charge < -0.3 is 0 Å². The van der Waals surface area contributed by atoms with Gasteiger partial charge in [0.2, 0.25) is 0 Å². The number of hydrogen-bond acceptors (Lipinski definition) is 1. The molecule has 2 rings (SSSR count). The molecular formula is C15H13Br3FN. The predicted octanol–water partition coefficient (Wildman–Crippen LogP) is 5.25. The second-order valence-electron chi connectivity index (χ2n) is 4.70. The molecule has 1 nitrogen and oxygen atoms in total. The quantitative estimate of drug-likeness (QED) is 0.549. The van der Waals surface area contributed by atoms with Crippen molar-refractivity contribution in [2.75, 3.05) is 10.7 Å². The van der Waals surface area contributed by atoms with Crippen LogP contribution < -0.4 is 0 Å². The highest BCUT2D eigenvalue weighted by molar-refractivity contribution is 9.10. The normalized spacial score (nSPS) is 11.6. The lowest BCUT2D eigenvalue weighted by atomic mass is 9.80. The summed E-state index contributed by atoms with van der Waals surface area (Å²) in [7, 11) is 0. The maximum absolute atomic E-state index is 13.1. The van der Waals surface area contributed by atoms with Crippen molar-refractivity contribution >= 4 is 47.8 Å². The van der Waals surface area contributed by atoms with E-state index in [9.17, 15) is 4.39 Å². The summed E-state index contributed by atoms with van der Waals surface area (Å²) < 4.78 is 14.1. The lowest BCUT2D eigenvalue weighted by Crippen LogP contribution is -2.33. The number of nitrogens with zero attached hydrogens (tertiary/aromatic N) is 1. The average molecular weight is 466 g/mol. The number of halogens is 4. The highest BCUT2D eigenvalue weighted by Crippen LogP contribution is 2.32. The van der Waals surface area contributed by atoms with E-state index >= 15 is 0 Å². The SMILES string of the molecule is Fc1ccc(C(CBr)(CBr)Cc2ccc(Br)cn2)cc1. The Hall–Kier alpha value is -0.260. The molecule has 1 heterocycles. The maximum Gasteiger partial charge on any atom is 0.123 e. The summed E-state index contributed by atoms with van der Waals surface area (Å²) >= 11 is 10.6. The van der Waals surface area contributed by atoms with Crippen molar-refractivity contribution < 1.29 is 4.39 Å². The first-order valence-corrected chi connectivity index (χ1v) is 9.12. The summed E-state index contributed by atoms with van der Waals surface area (Å²) in [4.78, 5) is 4.44. The van der Waals surface area contributed by atoms with Crippen LogP contribution in [-0.4, -0.2) is 15.6 Å². The second-order valence-corrected chi connectivity index (χ2v) is 6.74. The van der Waals surface area contributed by atoms with E-state index in [4.69, 9.17) is 0 Å². The molecule has 0 bridgehead atoms. The Morgan fingerprint density at radius 3 is 2.15 bits per heavy atom. The summed E-state index contributed by atoms with van der Waals surface area (Å²) in [6.45, 7) is 0. The molecule has 0 fully saturated rings. The smallest absolute Gasteiger partial charge is 0.123 e. The minimum Gasteiger partial charge on any atom is -0.260 e. The van der Waals surface area contributed by atoms with E-state index in [1.165, 1.54) is 12.1 Å². The summed E-state index contributed by atoms with van der Waals surface area (Å²) in [6.07, 6.45) is 2.58. The zero-order valence-electron chi connectivity index (χ0n) is 10.6. The lowest BCUT2D eigenvalue weighted by Gasteiger charge is -2.30. The standard InChI is InChI=1S/C15H13Br3FN/c16-9-15(10-17,11-1-4-13(19)5-2-11)7-14-6-3-12(18)8-20-14/h1-6,8H,7,9-10H2. The van der Waals surface area contributed by atoms with E-state index in [1.54, 1.807) is 6.20 Å². The number of alkyl halides is 2. The number of rotatable bonds is 5. The minimum atomic E-state index is -0.214. The number of hydrogen-bond donors (Lipinski definition) is 0. The van der Waals surface area contributed by atoms with Gasteiger partial charge in [-0.2, -0.15) is 0 Å². The highest BCUT2D eigenvalue weighted by Gasteiger charge is 2.31. The zero-order chi connectivity index (χ0) is 14.6. The van der Waals surface area contributed by atoms with Crippen molar-refractivity contribution in [3.63, 3.8) is 0 Å². The van der Waals surface area contributed by atoms with Crippen LogP contribution in [0.1, 0.15) is 11.3 Å². The van der Waals surface area contributed by atoms with Gasteiger partial charge >= 0.3 is 0 Å². The molecule has 2 aromatic rings. The van der Waals surface area contributed by atoms with Crippen LogP contribution in [0.3, 0.4) is 0 Å². The first kappa shape index (κ1) is 16.1. The zero-order valence-corrected chi connectivity index (χ0v) is 15.4. The van der Waals surface area contributed by atoms with Gasteiger partial charge in [-0.25, -0.2) is 4.39 Å². The number of aromatic nitrogens is 1. The lowest BCUT2D eigenvalue weighted by molar-refractivity contribution is 0.540. The molecule has 0 aliphatic rings. The summed E-state index contributed by atoms with van der Waals surface area (Å²) in [5, 5.41) is 1.54. The molecular weight excluding hydrogens is 453 g/mol. The molecule has 0 aliphatic carbocycles. The van der Waals surface area contributed by atoms with Crippen LogP contribution in [0.2, 0.25) is 0 Å². The molecule has 1 aromatic heterocycles. The molecule has 0 radical (unpaired) electrons. The average Bonchev–Trinajstić information content (AvgIpc) is 2.48. The Labute approximate surface area is 143 Å². The van der Waals surface area contributed by atoms with E-state index in [0.29, 0.717) is 0 Å². The van der Waals surface area contributed by atoms with Gasteiger partial charge in [-0.1, -0.05) is 44.0 Å². The van der Waals surface area contributed by atoms with E-state index in [-0.39, 0.29) is 11.2 Å². The van der Waals surface area contributed by atoms with E-state index in [2.05, 4.69) is 52.8 Å². The van der Waals surface area contributed by atoms with Crippen molar-refractivity contribution in [1.29, 1.82) is 0 Å². The van der Waals surface area contributed by atoms with Crippen LogP contribution in [0.4, 0.5) is 4.39 Å². The molecule has 0 aliphatic heterocycles. The molecule has 1 aromatic carbocycles. The van der Waals surface area contributed by atoms with Crippen molar-refractivity contribution in [2.45, 2.75) is 11.8 Å². The number of benzene rings is 1. The third-order valence-corrected chi connectivity index (χ3v) is 5.89. The van der Waals surface area contributed by atoms with Crippen molar-refractivity contribution in [3.8, 4) is 0 Å². The molecule has 0 amide bonds. The van der Waals surface area contributed by atoms with Crippen LogP contribution in [0.15, 0.2) is 47.1 Å². The Morgan fingerprint density at radius 2 is 1.65 bits per heavy atom. The van der Waals surface area contributed by atoms with Gasteiger partial charge in [-0.05, 0) is 45.8 Å². The Kier molecular flexibility index (Phi) is 5.75. The third kappa shape index (κ3) is 3.68. The molecule has 0 saturated heterocycles. The van der Waals surface area contributed by atoms with Crippen molar-refractivity contribution in [2.24, 2.45) is 0 Å². The molecule has 0 atom stereocenters. The second kappa shape index (κ2) is 7.14. The first-order valence-electron chi connectivity index (χ1n) is 6.08. The van der Waals surface area contributed by atoms with Crippen LogP contribution in [-0.2, 0) is 11.8 Å². The van der Waals surface area contributed by atoms with Gasteiger partial charge in [-0.3, -0.25) is 4.98 Å². The molecule has 0 spiro atoms. The van der Waals surface area contributed by atoms with E-state index in [1.807, 2.05) is 24.3 Å². The predicted molar refractivity (Wildman–Crippen MR) is 91.3 cm³/mol. The monoisotopic (exact) mass is 463 g/mol. The largest absolute Gasteiger partial charge is 0.260 e. The Balaban J connectivity index is 2.33. The fourth-order valence-corrected chi connectivity index (χ4v) is 4.25. The molecule has 0 saturated carbocycles. The fourth-order valence-electron chi connectivity index (χ4n) is 2.05. The molecule has 20 heavy (non-hydrogen) atoms. The molecule has 0 unspecified atom stereocenters. The van der Waals surface area contributed by atoms with Gasteiger partial charge in [0.1, 0.15) is 5.82 Å². The summed E-state index contributed by atoms with van der Waals surface area (Å²) in [5.74, 6) is -0.214. The van der Waals surface area contributed by atoms with Crippen molar-refractivity contribution in [3.05, 3.63) is 64.1 Å². The molecule has 106 valence electrons. The van der Waals surface area contributed by atoms with Gasteiger partial charge in [0.15, 0.2) is 0 Å². The topological polar surface area (TPSA) is 12.9 Å². The Morgan fingerprint density at radius 1 is 1.00 bits per heavy atom. The summed E-state index contributed by atoms with van der Waals surface area (Å²) in [5.41, 5.74) is 1.96. The van der Waals surface area contributed by atoms with Gasteiger partial charge in [0.05, 0.1) is 0 Å². The molecule has 0 N–H and O–H groups in total. The minimum absolute atomic E-state index is 0.144. The van der Waals surface area contributed by atoms with Crippen LogP contribution in [0, 0.1) is 5.82 Å². The van der Waals surface area contributed by atoms with Gasteiger partial charge in [0, 0.05) is 38.9 Å². The van der Waals surface area contributed by atoms with E-state index in [0.717, 1.165) is 32.8 Å². The maximum atomic E-state index is 13.1. The highest BCUT2D eigenvalue weighted by atomic mass is 79.9. The number of pyridine rings is 1.